The van der Waals surface area contributed by atoms with Crippen LogP contribution in [0.15, 0.2) is 6.07 Å². The summed E-state index contributed by atoms with van der Waals surface area (Å²) in [5.41, 5.74) is 0.157. The van der Waals surface area contributed by atoms with Gasteiger partial charge in [-0.15, -0.1) is 0 Å². The van der Waals surface area contributed by atoms with E-state index in [4.69, 9.17) is 34.8 Å². The molecule has 0 amide bonds. The molecule has 13 heavy (non-hydrogen) atoms. The summed E-state index contributed by atoms with van der Waals surface area (Å²) in [6.07, 6.45) is 0. The van der Waals surface area contributed by atoms with Crippen molar-refractivity contribution in [2.75, 3.05) is 0 Å². The van der Waals surface area contributed by atoms with Crippen LogP contribution in [0.5, 0.6) is 0 Å². The van der Waals surface area contributed by atoms with Gasteiger partial charge in [-0.25, -0.2) is 0 Å². The summed E-state index contributed by atoms with van der Waals surface area (Å²) >= 11 is 17.0. The number of hydrogen-bond donors (Lipinski definition) is 0. The Balaban J connectivity index is 3.53. The second-order valence-electron chi connectivity index (χ2n) is 2.38. The third kappa shape index (κ3) is 1.88. The molecule has 0 aromatic heterocycles. The number of nitro groups is 1. The van der Waals surface area contributed by atoms with Gasteiger partial charge in [0.1, 0.15) is 10.0 Å². The molecule has 0 heterocycles. The van der Waals surface area contributed by atoms with Crippen molar-refractivity contribution in [2.24, 2.45) is 0 Å². The third-order valence-corrected chi connectivity index (χ3v) is 2.70. The number of rotatable bonds is 1. The Labute approximate surface area is 89.4 Å². The fourth-order valence-corrected chi connectivity index (χ4v) is 1.74. The molecule has 0 aliphatic carbocycles. The van der Waals surface area contributed by atoms with Crippen molar-refractivity contribution in [2.45, 2.75) is 6.92 Å². The van der Waals surface area contributed by atoms with Crippen LogP contribution in [-0.2, 0) is 0 Å². The van der Waals surface area contributed by atoms with Gasteiger partial charge < -0.3 is 0 Å². The molecular weight excluding hydrogens is 236 g/mol. The quantitative estimate of drug-likeness (QED) is 0.552. The third-order valence-electron chi connectivity index (χ3n) is 1.56. The number of benzene rings is 1. The first kappa shape index (κ1) is 10.6. The Kier molecular flexibility index (Phi) is 3.01. The van der Waals surface area contributed by atoms with Crippen LogP contribution in [0.25, 0.3) is 0 Å². The Morgan fingerprint density at radius 2 is 1.85 bits per heavy atom. The van der Waals surface area contributed by atoms with Crippen molar-refractivity contribution in [3.63, 3.8) is 0 Å². The lowest BCUT2D eigenvalue weighted by atomic mass is 10.2. The fraction of sp³-hybridized carbons (Fsp3) is 0.143. The molecule has 70 valence electrons. The van der Waals surface area contributed by atoms with Crippen LogP contribution in [0.4, 0.5) is 5.69 Å². The minimum atomic E-state index is -0.631. The molecule has 0 fully saturated rings. The lowest BCUT2D eigenvalue weighted by Gasteiger charge is -2.03. The van der Waals surface area contributed by atoms with Crippen molar-refractivity contribution in [3.8, 4) is 0 Å². The Hall–Kier alpha value is -0.510. The molecule has 0 aliphatic rings. The van der Waals surface area contributed by atoms with Crippen LogP contribution >= 0.6 is 34.8 Å². The zero-order chi connectivity index (χ0) is 10.2. The molecule has 1 rings (SSSR count). The maximum atomic E-state index is 10.5. The normalized spacial score (nSPS) is 10.2. The molecule has 0 saturated carbocycles. The van der Waals surface area contributed by atoms with E-state index in [1.807, 2.05) is 0 Å². The predicted molar refractivity (Wildman–Crippen MR) is 52.9 cm³/mol. The fourth-order valence-electron chi connectivity index (χ4n) is 0.843. The highest BCUT2D eigenvalue weighted by atomic mass is 35.5. The van der Waals surface area contributed by atoms with Gasteiger partial charge in [-0.05, 0) is 18.6 Å². The molecule has 0 bridgehead atoms. The second kappa shape index (κ2) is 3.70. The highest BCUT2D eigenvalue weighted by molar-refractivity contribution is 6.41. The molecule has 6 heteroatoms. The molecule has 0 N–H and O–H groups in total. The number of halogens is 3. The van der Waals surface area contributed by atoms with E-state index in [1.165, 1.54) is 6.07 Å². The van der Waals surface area contributed by atoms with Crippen LogP contribution in [0, 0.1) is 17.0 Å². The highest BCUT2D eigenvalue weighted by Crippen LogP contribution is 2.38. The average molecular weight is 240 g/mol. The molecule has 0 atom stereocenters. The van der Waals surface area contributed by atoms with Crippen LogP contribution in [0.2, 0.25) is 15.1 Å². The number of hydrogen-bond acceptors (Lipinski definition) is 2. The predicted octanol–water partition coefficient (Wildman–Crippen LogP) is 3.86. The van der Waals surface area contributed by atoms with Gasteiger partial charge in [0.15, 0.2) is 0 Å². The molecule has 0 spiro atoms. The van der Waals surface area contributed by atoms with Crippen LogP contribution in [-0.4, -0.2) is 4.92 Å². The average Bonchev–Trinajstić information content (AvgIpc) is 1.99. The van der Waals surface area contributed by atoms with E-state index in [2.05, 4.69) is 0 Å². The van der Waals surface area contributed by atoms with Crippen LogP contribution in [0.3, 0.4) is 0 Å². The summed E-state index contributed by atoms with van der Waals surface area (Å²) in [6, 6.07) is 1.31. The van der Waals surface area contributed by atoms with E-state index in [0.29, 0.717) is 10.6 Å². The number of nitrogens with zero attached hydrogens (tertiary/aromatic N) is 1. The van der Waals surface area contributed by atoms with Gasteiger partial charge in [0.05, 0.1) is 4.92 Å². The summed E-state index contributed by atoms with van der Waals surface area (Å²) < 4.78 is 0. The number of nitro benzene ring substituents is 1. The summed E-state index contributed by atoms with van der Waals surface area (Å²) in [4.78, 5) is 9.87. The molecular formula is C7H4Cl3NO2. The van der Waals surface area contributed by atoms with Crippen molar-refractivity contribution in [1.29, 1.82) is 0 Å². The smallest absolute Gasteiger partial charge is 0.258 e. The van der Waals surface area contributed by atoms with Gasteiger partial charge in [0, 0.05) is 5.02 Å². The van der Waals surface area contributed by atoms with E-state index < -0.39 is 4.92 Å². The molecule has 0 unspecified atom stereocenters. The maximum absolute atomic E-state index is 10.5. The lowest BCUT2D eigenvalue weighted by Crippen LogP contribution is -1.92. The zero-order valence-electron chi connectivity index (χ0n) is 6.47. The van der Waals surface area contributed by atoms with Crippen LogP contribution in [0.1, 0.15) is 5.56 Å². The first-order valence-corrected chi connectivity index (χ1v) is 4.37. The zero-order valence-corrected chi connectivity index (χ0v) is 8.74. The minimum Gasteiger partial charge on any atom is -0.258 e. The highest BCUT2D eigenvalue weighted by Gasteiger charge is 2.21. The molecule has 3 nitrogen and oxygen atoms in total. The van der Waals surface area contributed by atoms with E-state index in [9.17, 15) is 10.1 Å². The molecule has 0 saturated heterocycles. The van der Waals surface area contributed by atoms with Crippen molar-refractivity contribution >= 4 is 40.5 Å². The first-order chi connectivity index (χ1) is 5.95. The van der Waals surface area contributed by atoms with Gasteiger partial charge in [-0.2, -0.15) is 0 Å². The molecule has 1 aromatic carbocycles. The second-order valence-corrected chi connectivity index (χ2v) is 3.58. The Bertz CT molecular complexity index is 378. The van der Waals surface area contributed by atoms with Gasteiger partial charge >= 0.3 is 5.69 Å². The Morgan fingerprint density at radius 3 is 2.31 bits per heavy atom. The van der Waals surface area contributed by atoms with E-state index in [-0.39, 0.29) is 15.7 Å². The Morgan fingerprint density at radius 1 is 1.31 bits per heavy atom. The maximum Gasteiger partial charge on any atom is 0.306 e. The van der Waals surface area contributed by atoms with E-state index >= 15 is 0 Å². The van der Waals surface area contributed by atoms with Crippen LogP contribution < -0.4 is 0 Å². The molecule has 1 aromatic rings. The first-order valence-electron chi connectivity index (χ1n) is 3.23. The van der Waals surface area contributed by atoms with Crippen molar-refractivity contribution in [3.05, 3.63) is 36.8 Å². The lowest BCUT2D eigenvalue weighted by molar-refractivity contribution is -0.384. The molecule has 0 aliphatic heterocycles. The summed E-state index contributed by atoms with van der Waals surface area (Å²) in [6.45, 7) is 1.59. The summed E-state index contributed by atoms with van der Waals surface area (Å²) in [5.74, 6) is 0. The summed E-state index contributed by atoms with van der Waals surface area (Å²) in [7, 11) is 0. The van der Waals surface area contributed by atoms with E-state index in [0.717, 1.165) is 0 Å². The topological polar surface area (TPSA) is 43.1 Å². The molecule has 0 radical (unpaired) electrons. The monoisotopic (exact) mass is 239 g/mol. The van der Waals surface area contributed by atoms with Gasteiger partial charge in [0.2, 0.25) is 0 Å². The van der Waals surface area contributed by atoms with Gasteiger partial charge in [0.25, 0.3) is 0 Å². The van der Waals surface area contributed by atoms with Gasteiger partial charge in [-0.1, -0.05) is 34.8 Å². The largest absolute Gasteiger partial charge is 0.306 e. The standard InChI is InChI=1S/C7H4Cl3NO2/c1-3-4(8)2-5(9)7(6(3)10)11(12)13/h2H,1H3. The minimum absolute atomic E-state index is 0.0116. The van der Waals surface area contributed by atoms with Crippen molar-refractivity contribution < 1.29 is 4.92 Å². The van der Waals surface area contributed by atoms with E-state index in [1.54, 1.807) is 6.92 Å². The van der Waals surface area contributed by atoms with Crippen molar-refractivity contribution in [1.82, 2.24) is 0 Å². The SMILES string of the molecule is Cc1c(Cl)cc(Cl)c([N+](=O)[O-])c1Cl. The summed E-state index contributed by atoms with van der Waals surface area (Å²) in [5, 5.41) is 10.8. The van der Waals surface area contributed by atoms with Gasteiger partial charge in [-0.3, -0.25) is 10.1 Å².